The lowest BCUT2D eigenvalue weighted by Gasteiger charge is -2.22. The fourth-order valence-electron chi connectivity index (χ4n) is 2.35. The van der Waals surface area contributed by atoms with Crippen LogP contribution in [-0.2, 0) is 6.54 Å². The second-order valence-corrected chi connectivity index (χ2v) is 6.11. The Bertz CT molecular complexity index is 487. The van der Waals surface area contributed by atoms with E-state index in [9.17, 15) is 0 Å². The van der Waals surface area contributed by atoms with E-state index in [4.69, 9.17) is 0 Å². The molecule has 0 atom stereocenters. The van der Waals surface area contributed by atoms with Crippen molar-refractivity contribution in [3.8, 4) is 5.69 Å². The van der Waals surface area contributed by atoms with Crippen LogP contribution in [-0.4, -0.2) is 27.3 Å². The van der Waals surface area contributed by atoms with Crippen molar-refractivity contribution in [1.82, 2.24) is 15.1 Å². The summed E-state index contributed by atoms with van der Waals surface area (Å²) in [5.41, 5.74) is 2.46. The van der Waals surface area contributed by atoms with Crippen LogP contribution in [0.4, 0.5) is 0 Å². The van der Waals surface area contributed by atoms with E-state index in [1.54, 1.807) is 6.20 Å². The molecule has 1 fully saturated rings. The van der Waals surface area contributed by atoms with Gasteiger partial charge in [-0.1, -0.05) is 12.1 Å². The van der Waals surface area contributed by atoms with Crippen LogP contribution in [0.25, 0.3) is 5.69 Å². The topological polar surface area (TPSA) is 29.9 Å². The second-order valence-electron chi connectivity index (χ2n) is 4.88. The lowest BCUT2D eigenvalue weighted by Crippen LogP contribution is -2.31. The Morgan fingerprint density at radius 1 is 1.21 bits per heavy atom. The highest BCUT2D eigenvalue weighted by Gasteiger charge is 2.12. The van der Waals surface area contributed by atoms with E-state index in [-0.39, 0.29) is 0 Å². The zero-order chi connectivity index (χ0) is 12.9. The highest BCUT2D eigenvalue weighted by molar-refractivity contribution is 7.99. The summed E-state index contributed by atoms with van der Waals surface area (Å²) >= 11 is 2.07. The molecule has 0 unspecified atom stereocenters. The monoisotopic (exact) mass is 273 g/mol. The first kappa shape index (κ1) is 12.8. The maximum absolute atomic E-state index is 4.23. The van der Waals surface area contributed by atoms with E-state index in [1.807, 2.05) is 16.9 Å². The Balaban J connectivity index is 1.57. The van der Waals surface area contributed by atoms with Gasteiger partial charge in [0, 0.05) is 25.0 Å². The van der Waals surface area contributed by atoms with E-state index < -0.39 is 0 Å². The third-order valence-corrected chi connectivity index (χ3v) is 4.57. The van der Waals surface area contributed by atoms with Crippen molar-refractivity contribution in [1.29, 1.82) is 0 Å². The molecule has 1 saturated heterocycles. The van der Waals surface area contributed by atoms with Gasteiger partial charge in [-0.25, -0.2) is 4.68 Å². The smallest absolute Gasteiger partial charge is 0.0645 e. The highest BCUT2D eigenvalue weighted by Crippen LogP contribution is 2.17. The molecule has 1 N–H and O–H groups in total. The molecule has 0 aliphatic carbocycles. The van der Waals surface area contributed by atoms with Gasteiger partial charge in [-0.05, 0) is 48.1 Å². The van der Waals surface area contributed by atoms with Gasteiger partial charge >= 0.3 is 0 Å². The molecule has 1 aromatic carbocycles. The van der Waals surface area contributed by atoms with Gasteiger partial charge in [0.1, 0.15) is 0 Å². The fraction of sp³-hybridized carbons (Fsp3) is 0.400. The maximum atomic E-state index is 4.23. The van der Waals surface area contributed by atoms with Crippen LogP contribution in [0, 0.1) is 0 Å². The standard InChI is InChI=1S/C15H19N3S/c1-8-17-18(9-1)15-4-2-13(3-5-15)12-16-14-6-10-19-11-7-14/h1-5,8-9,14,16H,6-7,10-12H2. The molecule has 1 aliphatic heterocycles. The summed E-state index contributed by atoms with van der Waals surface area (Å²) < 4.78 is 1.88. The van der Waals surface area contributed by atoms with Gasteiger partial charge in [0.2, 0.25) is 0 Å². The minimum Gasteiger partial charge on any atom is -0.310 e. The Morgan fingerprint density at radius 2 is 2.00 bits per heavy atom. The van der Waals surface area contributed by atoms with Gasteiger partial charge in [0.15, 0.2) is 0 Å². The number of benzene rings is 1. The van der Waals surface area contributed by atoms with E-state index in [2.05, 4.69) is 46.4 Å². The number of nitrogens with one attached hydrogen (secondary N) is 1. The van der Waals surface area contributed by atoms with Gasteiger partial charge in [-0.3, -0.25) is 0 Å². The first-order chi connectivity index (χ1) is 9.42. The van der Waals surface area contributed by atoms with E-state index >= 15 is 0 Å². The Hall–Kier alpha value is -1.26. The molecule has 0 amide bonds. The lowest BCUT2D eigenvalue weighted by atomic mass is 10.1. The van der Waals surface area contributed by atoms with E-state index in [1.165, 1.54) is 29.9 Å². The minimum absolute atomic E-state index is 0.701. The van der Waals surface area contributed by atoms with Crippen molar-refractivity contribution >= 4 is 11.8 Å². The first-order valence-electron chi connectivity index (χ1n) is 6.82. The summed E-state index contributed by atoms with van der Waals surface area (Å²) in [6, 6.07) is 11.3. The molecule has 0 bridgehead atoms. The van der Waals surface area contributed by atoms with Crippen molar-refractivity contribution in [2.45, 2.75) is 25.4 Å². The Labute approximate surface area is 118 Å². The number of hydrogen-bond donors (Lipinski definition) is 1. The fourth-order valence-corrected chi connectivity index (χ4v) is 3.46. The van der Waals surface area contributed by atoms with Crippen LogP contribution >= 0.6 is 11.8 Å². The largest absolute Gasteiger partial charge is 0.310 e. The van der Waals surface area contributed by atoms with Crippen LogP contribution in [0.5, 0.6) is 0 Å². The Kier molecular flexibility index (Phi) is 4.20. The molecule has 0 spiro atoms. The number of thioether (sulfide) groups is 1. The maximum Gasteiger partial charge on any atom is 0.0645 e. The minimum atomic E-state index is 0.701. The summed E-state index contributed by atoms with van der Waals surface area (Å²) in [7, 11) is 0. The average molecular weight is 273 g/mol. The molecule has 19 heavy (non-hydrogen) atoms. The van der Waals surface area contributed by atoms with Crippen LogP contribution in [0.2, 0.25) is 0 Å². The van der Waals surface area contributed by atoms with Gasteiger partial charge in [-0.2, -0.15) is 16.9 Å². The van der Waals surface area contributed by atoms with Crippen LogP contribution in [0.15, 0.2) is 42.7 Å². The van der Waals surface area contributed by atoms with E-state index in [0.29, 0.717) is 6.04 Å². The van der Waals surface area contributed by atoms with Crippen LogP contribution in [0.3, 0.4) is 0 Å². The summed E-state index contributed by atoms with van der Waals surface area (Å²) in [6.45, 7) is 0.967. The molecule has 3 nitrogen and oxygen atoms in total. The quantitative estimate of drug-likeness (QED) is 0.929. The molecule has 3 rings (SSSR count). The molecule has 1 aromatic heterocycles. The molecular formula is C15H19N3S. The van der Waals surface area contributed by atoms with Gasteiger partial charge in [-0.15, -0.1) is 0 Å². The molecule has 0 radical (unpaired) electrons. The molecule has 100 valence electrons. The normalized spacial score (nSPS) is 16.6. The predicted octanol–water partition coefficient (Wildman–Crippen LogP) is 2.86. The van der Waals surface area contributed by atoms with Crippen molar-refractivity contribution in [3.05, 3.63) is 48.3 Å². The van der Waals surface area contributed by atoms with E-state index in [0.717, 1.165) is 12.2 Å². The first-order valence-corrected chi connectivity index (χ1v) is 7.97. The zero-order valence-electron chi connectivity index (χ0n) is 11.0. The van der Waals surface area contributed by atoms with Gasteiger partial charge in [0.05, 0.1) is 5.69 Å². The number of rotatable bonds is 4. The predicted molar refractivity (Wildman–Crippen MR) is 80.8 cm³/mol. The van der Waals surface area contributed by atoms with Crippen LogP contribution in [0.1, 0.15) is 18.4 Å². The third-order valence-electron chi connectivity index (χ3n) is 3.52. The van der Waals surface area contributed by atoms with Gasteiger partial charge < -0.3 is 5.32 Å². The SMILES string of the molecule is c1cnn(-c2ccc(CNC3CCSCC3)cc2)c1. The van der Waals surface area contributed by atoms with Crippen molar-refractivity contribution in [2.75, 3.05) is 11.5 Å². The van der Waals surface area contributed by atoms with Crippen molar-refractivity contribution in [2.24, 2.45) is 0 Å². The third kappa shape index (κ3) is 3.39. The molecule has 0 saturated carbocycles. The molecule has 4 heteroatoms. The Morgan fingerprint density at radius 3 is 2.68 bits per heavy atom. The average Bonchev–Trinajstić information content (AvgIpc) is 3.01. The molecular weight excluding hydrogens is 254 g/mol. The zero-order valence-corrected chi connectivity index (χ0v) is 11.8. The number of hydrogen-bond acceptors (Lipinski definition) is 3. The summed E-state index contributed by atoms with van der Waals surface area (Å²) in [6.07, 6.45) is 6.37. The molecule has 2 aromatic rings. The highest BCUT2D eigenvalue weighted by atomic mass is 32.2. The molecule has 2 heterocycles. The number of aromatic nitrogens is 2. The summed E-state index contributed by atoms with van der Waals surface area (Å²) in [4.78, 5) is 0. The van der Waals surface area contributed by atoms with Crippen molar-refractivity contribution < 1.29 is 0 Å². The molecule has 1 aliphatic rings. The van der Waals surface area contributed by atoms with Gasteiger partial charge in [0.25, 0.3) is 0 Å². The second kappa shape index (κ2) is 6.26. The number of nitrogens with zero attached hydrogens (tertiary/aromatic N) is 2. The summed E-state index contributed by atoms with van der Waals surface area (Å²) in [5.74, 6) is 2.60. The van der Waals surface area contributed by atoms with Crippen LogP contribution < -0.4 is 5.32 Å². The lowest BCUT2D eigenvalue weighted by molar-refractivity contribution is 0.482. The summed E-state index contributed by atoms with van der Waals surface area (Å²) in [5, 5.41) is 7.89. The van der Waals surface area contributed by atoms with Crippen molar-refractivity contribution in [3.63, 3.8) is 0 Å².